The number of carbonyl (C=O) groups excluding carboxylic acids is 1. The van der Waals surface area contributed by atoms with Gasteiger partial charge in [0.05, 0.1) is 6.61 Å². The lowest BCUT2D eigenvalue weighted by Crippen LogP contribution is -2.35. The minimum atomic E-state index is -0.0363. The number of hydrogen-bond acceptors (Lipinski definition) is 2. The Morgan fingerprint density at radius 3 is 2.75 bits per heavy atom. The summed E-state index contributed by atoms with van der Waals surface area (Å²) >= 11 is 0. The number of hydrogen-bond donors (Lipinski definition) is 1. The first-order valence-electron chi connectivity index (χ1n) is 5.41. The highest BCUT2D eigenvalue weighted by atomic mass is 16.5. The van der Waals surface area contributed by atoms with Gasteiger partial charge in [-0.25, -0.2) is 0 Å². The van der Waals surface area contributed by atoms with Gasteiger partial charge < -0.3 is 10.1 Å². The van der Waals surface area contributed by atoms with Crippen LogP contribution >= 0.6 is 0 Å². The molecule has 1 amide bonds. The van der Waals surface area contributed by atoms with Gasteiger partial charge in [0, 0.05) is 18.7 Å². The highest BCUT2D eigenvalue weighted by Gasteiger charge is 2.11. The van der Waals surface area contributed by atoms with Gasteiger partial charge in [0.25, 0.3) is 5.91 Å². The van der Waals surface area contributed by atoms with E-state index in [1.54, 1.807) is 7.11 Å². The number of ether oxygens (including phenoxy) is 1. The highest BCUT2D eigenvalue weighted by molar-refractivity contribution is 5.95. The van der Waals surface area contributed by atoms with E-state index in [4.69, 9.17) is 4.74 Å². The van der Waals surface area contributed by atoms with Gasteiger partial charge in [0.15, 0.2) is 0 Å². The van der Waals surface area contributed by atoms with Crippen molar-refractivity contribution in [2.24, 2.45) is 0 Å². The van der Waals surface area contributed by atoms with Crippen molar-refractivity contribution in [2.45, 2.75) is 26.8 Å². The van der Waals surface area contributed by atoms with Crippen molar-refractivity contribution in [1.82, 2.24) is 5.32 Å². The number of rotatable bonds is 4. The fourth-order valence-electron chi connectivity index (χ4n) is 1.57. The predicted molar refractivity (Wildman–Crippen MR) is 64.7 cm³/mol. The highest BCUT2D eigenvalue weighted by Crippen LogP contribution is 2.10. The van der Waals surface area contributed by atoms with Crippen LogP contribution in [0.15, 0.2) is 18.2 Å². The lowest BCUT2D eigenvalue weighted by molar-refractivity contribution is 0.0905. The van der Waals surface area contributed by atoms with Gasteiger partial charge in [-0.05, 0) is 32.4 Å². The van der Waals surface area contributed by atoms with Crippen LogP contribution in [-0.2, 0) is 4.74 Å². The van der Waals surface area contributed by atoms with Crippen molar-refractivity contribution in [1.29, 1.82) is 0 Å². The first-order valence-corrected chi connectivity index (χ1v) is 5.41. The zero-order valence-electron chi connectivity index (χ0n) is 10.3. The lowest BCUT2D eigenvalue weighted by Gasteiger charge is -2.14. The Bertz CT molecular complexity index is 374. The van der Waals surface area contributed by atoms with Crippen LogP contribution in [0.25, 0.3) is 0 Å². The van der Waals surface area contributed by atoms with Crippen LogP contribution < -0.4 is 5.32 Å². The van der Waals surface area contributed by atoms with E-state index in [9.17, 15) is 4.79 Å². The van der Waals surface area contributed by atoms with E-state index in [0.29, 0.717) is 6.61 Å². The molecule has 16 heavy (non-hydrogen) atoms. The standard InChI is InChI=1S/C13H19NO2/c1-9-5-6-10(2)12(7-9)13(15)14-11(3)8-16-4/h5-7,11H,8H2,1-4H3,(H,14,15)/t11-/m1/s1. The summed E-state index contributed by atoms with van der Waals surface area (Å²) < 4.78 is 4.98. The van der Waals surface area contributed by atoms with E-state index >= 15 is 0 Å². The van der Waals surface area contributed by atoms with Crippen LogP contribution in [-0.4, -0.2) is 25.7 Å². The van der Waals surface area contributed by atoms with Crippen molar-refractivity contribution in [3.05, 3.63) is 34.9 Å². The molecule has 0 aromatic heterocycles. The van der Waals surface area contributed by atoms with Gasteiger partial charge in [-0.15, -0.1) is 0 Å². The van der Waals surface area contributed by atoms with Crippen molar-refractivity contribution in [2.75, 3.05) is 13.7 Å². The van der Waals surface area contributed by atoms with Crippen LogP contribution in [0.1, 0.15) is 28.4 Å². The van der Waals surface area contributed by atoms with Crippen molar-refractivity contribution >= 4 is 5.91 Å². The monoisotopic (exact) mass is 221 g/mol. The Hall–Kier alpha value is -1.35. The third kappa shape index (κ3) is 3.35. The molecule has 1 atom stereocenters. The molecule has 0 aliphatic rings. The molecule has 1 N–H and O–H groups in total. The van der Waals surface area contributed by atoms with Crippen LogP contribution in [0.2, 0.25) is 0 Å². The van der Waals surface area contributed by atoms with Gasteiger partial charge in [0.2, 0.25) is 0 Å². The summed E-state index contributed by atoms with van der Waals surface area (Å²) in [7, 11) is 1.63. The van der Waals surface area contributed by atoms with Crippen LogP contribution in [0.5, 0.6) is 0 Å². The number of benzene rings is 1. The molecule has 0 unspecified atom stereocenters. The fraction of sp³-hybridized carbons (Fsp3) is 0.462. The molecule has 0 fully saturated rings. The maximum Gasteiger partial charge on any atom is 0.251 e. The fourth-order valence-corrected chi connectivity index (χ4v) is 1.57. The largest absolute Gasteiger partial charge is 0.383 e. The molecule has 0 spiro atoms. The molecule has 0 heterocycles. The molecule has 3 nitrogen and oxygen atoms in total. The topological polar surface area (TPSA) is 38.3 Å². The summed E-state index contributed by atoms with van der Waals surface area (Å²) in [6.07, 6.45) is 0. The predicted octanol–water partition coefficient (Wildman–Crippen LogP) is 2.07. The van der Waals surface area contributed by atoms with E-state index in [0.717, 1.165) is 16.7 Å². The van der Waals surface area contributed by atoms with Gasteiger partial charge >= 0.3 is 0 Å². The number of aryl methyl sites for hydroxylation is 2. The third-order valence-corrected chi connectivity index (χ3v) is 2.43. The van der Waals surface area contributed by atoms with E-state index < -0.39 is 0 Å². The average molecular weight is 221 g/mol. The summed E-state index contributed by atoms with van der Waals surface area (Å²) in [6.45, 7) is 6.37. The molecule has 0 saturated heterocycles. The second kappa shape index (κ2) is 5.66. The first kappa shape index (κ1) is 12.7. The molecule has 0 saturated carbocycles. The molecule has 88 valence electrons. The lowest BCUT2D eigenvalue weighted by atomic mass is 10.0. The zero-order chi connectivity index (χ0) is 12.1. The quantitative estimate of drug-likeness (QED) is 0.845. The van der Waals surface area contributed by atoms with Crippen LogP contribution in [0.4, 0.5) is 0 Å². The molecule has 0 aliphatic carbocycles. The SMILES string of the molecule is COC[C@@H](C)NC(=O)c1cc(C)ccc1C. The van der Waals surface area contributed by atoms with Gasteiger partial charge in [-0.3, -0.25) is 4.79 Å². The molecule has 0 bridgehead atoms. The molecular weight excluding hydrogens is 202 g/mol. The van der Waals surface area contributed by atoms with E-state index in [1.165, 1.54) is 0 Å². The second-order valence-electron chi connectivity index (χ2n) is 4.15. The summed E-state index contributed by atoms with van der Waals surface area (Å²) in [5.74, 6) is -0.0363. The Morgan fingerprint density at radius 2 is 2.12 bits per heavy atom. The molecule has 1 rings (SSSR count). The minimum absolute atomic E-state index is 0.0254. The van der Waals surface area contributed by atoms with E-state index in [1.807, 2.05) is 39.0 Å². The Kier molecular flexibility index (Phi) is 4.50. The first-order chi connectivity index (χ1) is 7.54. The van der Waals surface area contributed by atoms with Crippen LogP contribution in [0.3, 0.4) is 0 Å². The minimum Gasteiger partial charge on any atom is -0.383 e. The van der Waals surface area contributed by atoms with Crippen molar-refractivity contribution in [3.63, 3.8) is 0 Å². The van der Waals surface area contributed by atoms with Crippen molar-refractivity contribution < 1.29 is 9.53 Å². The maximum absolute atomic E-state index is 11.9. The van der Waals surface area contributed by atoms with Gasteiger partial charge in [-0.2, -0.15) is 0 Å². The summed E-state index contributed by atoms with van der Waals surface area (Å²) in [4.78, 5) is 11.9. The van der Waals surface area contributed by atoms with Gasteiger partial charge in [-0.1, -0.05) is 17.7 Å². The number of amides is 1. The zero-order valence-corrected chi connectivity index (χ0v) is 10.3. The Balaban J connectivity index is 2.76. The van der Waals surface area contributed by atoms with Gasteiger partial charge in [0.1, 0.15) is 0 Å². The normalized spacial score (nSPS) is 12.2. The average Bonchev–Trinajstić information content (AvgIpc) is 2.21. The molecule has 1 aromatic carbocycles. The van der Waals surface area contributed by atoms with E-state index in [2.05, 4.69) is 5.32 Å². The molecule has 3 heteroatoms. The van der Waals surface area contributed by atoms with Crippen molar-refractivity contribution in [3.8, 4) is 0 Å². The number of nitrogens with one attached hydrogen (secondary N) is 1. The number of methoxy groups -OCH3 is 1. The number of carbonyl (C=O) groups is 1. The van der Waals surface area contributed by atoms with E-state index in [-0.39, 0.29) is 11.9 Å². The summed E-state index contributed by atoms with van der Waals surface area (Å²) in [5, 5.41) is 2.90. The molecule has 1 aromatic rings. The van der Waals surface area contributed by atoms with Crippen LogP contribution in [0, 0.1) is 13.8 Å². The smallest absolute Gasteiger partial charge is 0.251 e. The summed E-state index contributed by atoms with van der Waals surface area (Å²) in [5.41, 5.74) is 2.82. The Morgan fingerprint density at radius 1 is 1.44 bits per heavy atom. The summed E-state index contributed by atoms with van der Waals surface area (Å²) in [6, 6.07) is 5.90. The second-order valence-corrected chi connectivity index (χ2v) is 4.15. The third-order valence-electron chi connectivity index (χ3n) is 2.43. The molecule has 0 aliphatic heterocycles. The maximum atomic E-state index is 11.9. The molecule has 0 radical (unpaired) electrons. The Labute approximate surface area is 96.8 Å². The molecular formula is C13H19NO2.